The van der Waals surface area contributed by atoms with Gasteiger partial charge in [-0.05, 0) is 30.3 Å². The van der Waals surface area contributed by atoms with Crippen LogP contribution in [0.15, 0.2) is 60.9 Å². The van der Waals surface area contributed by atoms with Gasteiger partial charge in [0.1, 0.15) is 12.1 Å². The van der Waals surface area contributed by atoms with Gasteiger partial charge in [-0.1, -0.05) is 31.2 Å². The number of hydrogen-bond acceptors (Lipinski definition) is 7. The number of nitrogens with zero attached hydrogens (tertiary/aromatic N) is 4. The number of benzene rings is 2. The first kappa shape index (κ1) is 19.6. The van der Waals surface area contributed by atoms with Gasteiger partial charge in [-0.25, -0.2) is 9.97 Å². The SMILES string of the molecule is CNC(=O)c1cccc(Nc2ncnc(N3CC(C)(COc4ccccc4)C3)n2)c1. The molecule has 1 aromatic heterocycles. The molecule has 0 atom stereocenters. The van der Waals surface area contributed by atoms with E-state index in [9.17, 15) is 4.79 Å². The summed E-state index contributed by atoms with van der Waals surface area (Å²) in [4.78, 5) is 26.9. The van der Waals surface area contributed by atoms with Gasteiger partial charge in [-0.2, -0.15) is 4.98 Å². The highest BCUT2D eigenvalue weighted by Crippen LogP contribution is 2.33. The van der Waals surface area contributed by atoms with Gasteiger partial charge >= 0.3 is 0 Å². The Bertz CT molecular complexity index is 1020. The van der Waals surface area contributed by atoms with Gasteiger partial charge in [0.2, 0.25) is 11.9 Å². The van der Waals surface area contributed by atoms with Crippen molar-refractivity contribution in [3.8, 4) is 5.75 Å². The summed E-state index contributed by atoms with van der Waals surface area (Å²) in [5.74, 6) is 1.78. The second-order valence-corrected chi connectivity index (χ2v) is 7.66. The molecule has 1 amide bonds. The summed E-state index contributed by atoms with van der Waals surface area (Å²) in [6.45, 7) is 4.43. The molecule has 154 valence electrons. The summed E-state index contributed by atoms with van der Waals surface area (Å²) in [5.41, 5.74) is 1.34. The molecular weight excluding hydrogens is 380 g/mol. The smallest absolute Gasteiger partial charge is 0.251 e. The fraction of sp³-hybridized carbons (Fsp3) is 0.273. The Morgan fingerprint density at radius 3 is 2.70 bits per heavy atom. The fourth-order valence-corrected chi connectivity index (χ4v) is 3.39. The van der Waals surface area contributed by atoms with Crippen molar-refractivity contribution in [1.82, 2.24) is 20.3 Å². The number of carbonyl (C=O) groups excluding carboxylic acids is 1. The van der Waals surface area contributed by atoms with E-state index in [-0.39, 0.29) is 11.3 Å². The van der Waals surface area contributed by atoms with E-state index in [2.05, 4.69) is 37.4 Å². The fourth-order valence-electron chi connectivity index (χ4n) is 3.39. The Hall–Kier alpha value is -3.68. The molecule has 2 N–H and O–H groups in total. The lowest BCUT2D eigenvalue weighted by Gasteiger charge is -2.47. The molecule has 0 aliphatic carbocycles. The number of rotatable bonds is 7. The van der Waals surface area contributed by atoms with Crippen LogP contribution >= 0.6 is 0 Å². The van der Waals surface area contributed by atoms with E-state index in [0.717, 1.165) is 24.5 Å². The van der Waals surface area contributed by atoms with Crippen molar-refractivity contribution in [2.45, 2.75) is 6.92 Å². The molecule has 4 rings (SSSR count). The maximum absolute atomic E-state index is 11.8. The van der Waals surface area contributed by atoms with Crippen LogP contribution in [0.3, 0.4) is 0 Å². The van der Waals surface area contributed by atoms with Crippen LogP contribution in [0.4, 0.5) is 17.6 Å². The lowest BCUT2D eigenvalue weighted by molar-refractivity contribution is 0.0963. The minimum absolute atomic E-state index is 0.0396. The molecule has 30 heavy (non-hydrogen) atoms. The van der Waals surface area contributed by atoms with Crippen LogP contribution in [0, 0.1) is 5.41 Å². The topological polar surface area (TPSA) is 92.3 Å². The van der Waals surface area contributed by atoms with Gasteiger partial charge < -0.3 is 20.3 Å². The predicted octanol–water partition coefficient (Wildman–Crippen LogP) is 2.88. The van der Waals surface area contributed by atoms with Crippen molar-refractivity contribution in [2.75, 3.05) is 37.0 Å². The Kier molecular flexibility index (Phi) is 5.47. The molecule has 0 unspecified atom stereocenters. The molecule has 8 nitrogen and oxygen atoms in total. The van der Waals surface area contributed by atoms with Gasteiger partial charge in [0.15, 0.2) is 0 Å². The summed E-state index contributed by atoms with van der Waals surface area (Å²) in [6.07, 6.45) is 1.49. The van der Waals surface area contributed by atoms with E-state index < -0.39 is 0 Å². The van der Waals surface area contributed by atoms with E-state index in [1.807, 2.05) is 42.5 Å². The van der Waals surface area contributed by atoms with Crippen molar-refractivity contribution >= 4 is 23.5 Å². The largest absolute Gasteiger partial charge is 0.493 e. The first-order valence-electron chi connectivity index (χ1n) is 9.76. The number of amides is 1. The molecule has 0 saturated carbocycles. The van der Waals surface area contributed by atoms with E-state index in [0.29, 0.717) is 24.1 Å². The number of aromatic nitrogens is 3. The zero-order valence-electron chi connectivity index (χ0n) is 17.0. The molecule has 8 heteroatoms. The first-order valence-corrected chi connectivity index (χ1v) is 9.76. The third kappa shape index (κ3) is 4.48. The lowest BCUT2D eigenvalue weighted by Crippen LogP contribution is -2.58. The van der Waals surface area contributed by atoms with Gasteiger partial charge in [0.25, 0.3) is 5.91 Å². The summed E-state index contributed by atoms with van der Waals surface area (Å²) in [6, 6.07) is 17.0. The molecule has 0 bridgehead atoms. The number of carbonyl (C=O) groups is 1. The third-order valence-corrected chi connectivity index (χ3v) is 4.93. The molecule has 1 aliphatic heterocycles. The van der Waals surface area contributed by atoms with Crippen LogP contribution in [0.2, 0.25) is 0 Å². The van der Waals surface area contributed by atoms with Crippen molar-refractivity contribution in [1.29, 1.82) is 0 Å². The summed E-state index contributed by atoms with van der Waals surface area (Å²) in [5, 5.41) is 5.76. The van der Waals surface area contributed by atoms with Crippen LogP contribution in [0.5, 0.6) is 5.75 Å². The van der Waals surface area contributed by atoms with E-state index >= 15 is 0 Å². The zero-order chi connectivity index (χ0) is 21.0. The molecule has 1 aliphatic rings. The van der Waals surface area contributed by atoms with Crippen LogP contribution in [-0.4, -0.2) is 47.6 Å². The number of nitrogens with one attached hydrogen (secondary N) is 2. The molecule has 2 heterocycles. The van der Waals surface area contributed by atoms with E-state index in [4.69, 9.17) is 4.74 Å². The normalized spacial score (nSPS) is 14.5. The maximum atomic E-state index is 11.8. The highest BCUT2D eigenvalue weighted by atomic mass is 16.5. The van der Waals surface area contributed by atoms with Crippen LogP contribution in [0.25, 0.3) is 0 Å². The van der Waals surface area contributed by atoms with Crippen molar-refractivity contribution < 1.29 is 9.53 Å². The van der Waals surface area contributed by atoms with Crippen molar-refractivity contribution in [2.24, 2.45) is 5.41 Å². The molecule has 0 radical (unpaired) electrons. The van der Waals surface area contributed by atoms with Gasteiger partial charge in [0.05, 0.1) is 6.61 Å². The lowest BCUT2D eigenvalue weighted by atomic mass is 9.83. The highest BCUT2D eigenvalue weighted by Gasteiger charge is 2.41. The van der Waals surface area contributed by atoms with Crippen molar-refractivity contribution in [3.63, 3.8) is 0 Å². The molecule has 3 aromatic rings. The average molecular weight is 404 g/mol. The first-order chi connectivity index (χ1) is 14.5. The molecule has 1 saturated heterocycles. The minimum atomic E-state index is -0.146. The number of hydrogen-bond donors (Lipinski definition) is 2. The number of ether oxygens (including phenoxy) is 1. The third-order valence-electron chi connectivity index (χ3n) is 4.93. The summed E-state index contributed by atoms with van der Waals surface area (Å²) >= 11 is 0. The highest BCUT2D eigenvalue weighted by molar-refractivity contribution is 5.95. The van der Waals surface area contributed by atoms with E-state index in [1.54, 1.807) is 19.2 Å². The summed E-state index contributed by atoms with van der Waals surface area (Å²) in [7, 11) is 1.60. The summed E-state index contributed by atoms with van der Waals surface area (Å²) < 4.78 is 5.91. The molecule has 1 fully saturated rings. The van der Waals surface area contributed by atoms with Crippen LogP contribution in [-0.2, 0) is 0 Å². The standard InChI is InChI=1S/C22H24N6O2/c1-22(14-30-18-9-4-3-5-10-18)12-28(13-22)21-25-15-24-20(27-21)26-17-8-6-7-16(11-17)19(29)23-2/h3-11,15H,12-14H2,1-2H3,(H,23,29)(H,24,25,26,27). The second-order valence-electron chi connectivity index (χ2n) is 7.66. The van der Waals surface area contributed by atoms with Crippen molar-refractivity contribution in [3.05, 3.63) is 66.5 Å². The molecule has 2 aromatic carbocycles. The van der Waals surface area contributed by atoms with Gasteiger partial charge in [0, 0.05) is 36.8 Å². The predicted molar refractivity (Wildman–Crippen MR) is 115 cm³/mol. The second kappa shape index (κ2) is 8.36. The van der Waals surface area contributed by atoms with Crippen LogP contribution < -0.4 is 20.3 Å². The number of anilines is 3. The zero-order valence-corrected chi connectivity index (χ0v) is 17.0. The average Bonchev–Trinajstić information content (AvgIpc) is 2.76. The Morgan fingerprint density at radius 2 is 1.93 bits per heavy atom. The number of para-hydroxylation sites is 1. The maximum Gasteiger partial charge on any atom is 0.251 e. The van der Waals surface area contributed by atoms with E-state index in [1.165, 1.54) is 6.33 Å². The van der Waals surface area contributed by atoms with Gasteiger partial charge in [-0.3, -0.25) is 4.79 Å². The van der Waals surface area contributed by atoms with Crippen LogP contribution in [0.1, 0.15) is 17.3 Å². The Balaban J connectivity index is 1.37. The van der Waals surface area contributed by atoms with Gasteiger partial charge in [-0.15, -0.1) is 0 Å². The molecular formula is C22H24N6O2. The quantitative estimate of drug-likeness (QED) is 0.625. The Morgan fingerprint density at radius 1 is 1.13 bits per heavy atom. The monoisotopic (exact) mass is 404 g/mol. The minimum Gasteiger partial charge on any atom is -0.493 e. The molecule has 0 spiro atoms. The Labute approximate surface area is 175 Å².